The summed E-state index contributed by atoms with van der Waals surface area (Å²) < 4.78 is 0. The smallest absolute Gasteiger partial charge is 0.335 e. The van der Waals surface area contributed by atoms with Gasteiger partial charge in [0, 0.05) is 0 Å². The normalized spacial score (nSPS) is 14.7. The molecule has 0 aliphatic heterocycles. The van der Waals surface area contributed by atoms with E-state index in [1.807, 2.05) is 54.6 Å². The molecule has 24 heavy (non-hydrogen) atoms. The Hall–Kier alpha value is -2.87. The van der Waals surface area contributed by atoms with Gasteiger partial charge in [-0.15, -0.1) is 0 Å². The van der Waals surface area contributed by atoms with Crippen LogP contribution in [0.5, 0.6) is 0 Å². The monoisotopic (exact) mass is 316 g/mol. The number of benzene rings is 2. The minimum absolute atomic E-state index is 0.373. The van der Waals surface area contributed by atoms with Crippen LogP contribution in [0.15, 0.2) is 84.0 Å². The molecule has 1 aliphatic rings. The molecule has 2 nitrogen and oxygen atoms in total. The maximum absolute atomic E-state index is 11.8. The molecule has 0 spiro atoms. The lowest BCUT2D eigenvalue weighted by molar-refractivity contribution is -0.132. The molecular weight excluding hydrogens is 296 g/mol. The molecule has 0 bridgehead atoms. The predicted molar refractivity (Wildman–Crippen MR) is 98.4 cm³/mol. The van der Waals surface area contributed by atoms with E-state index < -0.39 is 5.97 Å². The zero-order valence-electron chi connectivity index (χ0n) is 13.7. The average Bonchev–Trinajstić information content (AvgIpc) is 2.83. The first-order chi connectivity index (χ1) is 11.7. The van der Waals surface area contributed by atoms with Crippen molar-refractivity contribution in [1.82, 2.24) is 0 Å². The maximum Gasteiger partial charge on any atom is 0.335 e. The average molecular weight is 316 g/mol. The van der Waals surface area contributed by atoms with E-state index in [2.05, 4.69) is 19.1 Å². The van der Waals surface area contributed by atoms with E-state index in [1.165, 1.54) is 5.57 Å². The fourth-order valence-corrected chi connectivity index (χ4v) is 3.12. The summed E-state index contributed by atoms with van der Waals surface area (Å²) in [7, 11) is 0. The Morgan fingerprint density at radius 2 is 1.50 bits per heavy atom. The number of hydrogen-bond donors (Lipinski definition) is 1. The molecule has 3 rings (SSSR count). The van der Waals surface area contributed by atoms with Gasteiger partial charge in [-0.3, -0.25) is 0 Å². The number of aliphatic carboxylic acids is 1. The quantitative estimate of drug-likeness (QED) is 0.825. The summed E-state index contributed by atoms with van der Waals surface area (Å²) in [4.78, 5) is 11.8. The van der Waals surface area contributed by atoms with Crippen LogP contribution in [-0.2, 0) is 4.79 Å². The van der Waals surface area contributed by atoms with Gasteiger partial charge in [0.15, 0.2) is 0 Å². The minimum atomic E-state index is -0.880. The highest BCUT2D eigenvalue weighted by molar-refractivity contribution is 6.02. The summed E-state index contributed by atoms with van der Waals surface area (Å²) in [6, 6.07) is 20.0. The fourth-order valence-electron chi connectivity index (χ4n) is 3.12. The van der Waals surface area contributed by atoms with Gasteiger partial charge in [-0.25, -0.2) is 4.79 Å². The van der Waals surface area contributed by atoms with Crippen LogP contribution < -0.4 is 0 Å². The van der Waals surface area contributed by atoms with Gasteiger partial charge in [-0.05, 0) is 41.2 Å². The van der Waals surface area contributed by atoms with E-state index in [1.54, 1.807) is 6.08 Å². The van der Waals surface area contributed by atoms with Gasteiger partial charge in [-0.1, -0.05) is 79.2 Å². The van der Waals surface area contributed by atoms with Gasteiger partial charge in [0.05, 0.1) is 5.57 Å². The summed E-state index contributed by atoms with van der Waals surface area (Å²) in [6.07, 6.45) is 5.24. The third kappa shape index (κ3) is 3.23. The van der Waals surface area contributed by atoms with Gasteiger partial charge in [0.25, 0.3) is 0 Å². The number of carbonyl (C=O) groups is 1. The predicted octanol–water partition coefficient (Wildman–Crippen LogP) is 5.35. The van der Waals surface area contributed by atoms with Crippen LogP contribution in [0.2, 0.25) is 0 Å². The van der Waals surface area contributed by atoms with Gasteiger partial charge in [0.2, 0.25) is 0 Å². The molecule has 0 fully saturated rings. The highest BCUT2D eigenvalue weighted by atomic mass is 16.4. The second kappa shape index (κ2) is 7.14. The van der Waals surface area contributed by atoms with Crippen LogP contribution in [0.25, 0.3) is 11.1 Å². The van der Waals surface area contributed by atoms with Crippen molar-refractivity contribution in [1.29, 1.82) is 0 Å². The molecule has 0 aromatic heterocycles. The zero-order valence-corrected chi connectivity index (χ0v) is 13.7. The number of rotatable bonds is 4. The van der Waals surface area contributed by atoms with Crippen molar-refractivity contribution in [3.8, 4) is 0 Å². The van der Waals surface area contributed by atoms with Crippen molar-refractivity contribution >= 4 is 17.1 Å². The Morgan fingerprint density at radius 3 is 2.04 bits per heavy atom. The molecule has 1 aliphatic carbocycles. The first-order valence-electron chi connectivity index (χ1n) is 8.18. The largest absolute Gasteiger partial charge is 0.478 e. The molecule has 2 aromatic rings. The first kappa shape index (κ1) is 16.0. The van der Waals surface area contributed by atoms with Crippen LogP contribution >= 0.6 is 0 Å². The van der Waals surface area contributed by atoms with Crippen molar-refractivity contribution in [2.24, 2.45) is 0 Å². The van der Waals surface area contributed by atoms with Crippen molar-refractivity contribution in [3.63, 3.8) is 0 Å². The molecule has 2 heteroatoms. The number of carboxylic acids is 1. The second-order valence-electron chi connectivity index (χ2n) is 5.81. The van der Waals surface area contributed by atoms with E-state index >= 15 is 0 Å². The minimum Gasteiger partial charge on any atom is -0.478 e. The second-order valence-corrected chi connectivity index (χ2v) is 5.81. The lowest BCUT2D eigenvalue weighted by Gasteiger charge is -2.13. The van der Waals surface area contributed by atoms with Crippen molar-refractivity contribution in [2.45, 2.75) is 19.8 Å². The van der Waals surface area contributed by atoms with E-state index in [0.717, 1.165) is 28.7 Å². The van der Waals surface area contributed by atoms with Gasteiger partial charge in [-0.2, -0.15) is 0 Å². The first-order valence-corrected chi connectivity index (χ1v) is 8.18. The van der Waals surface area contributed by atoms with Crippen LogP contribution in [0.4, 0.5) is 0 Å². The summed E-state index contributed by atoms with van der Waals surface area (Å²) in [5.74, 6) is -0.880. The third-order valence-corrected chi connectivity index (χ3v) is 4.38. The molecule has 0 atom stereocenters. The molecule has 0 radical (unpaired) electrons. The Kier molecular flexibility index (Phi) is 4.76. The zero-order chi connectivity index (χ0) is 16.9. The van der Waals surface area contributed by atoms with Crippen molar-refractivity contribution in [3.05, 3.63) is 95.1 Å². The molecule has 120 valence electrons. The number of allylic oxidation sites excluding steroid dienone is 4. The SMILES string of the molecule is CCC1=C(c2ccccc2)C=CC(C(=O)O)=C(c2ccccc2)C1. The number of hydrogen-bond acceptors (Lipinski definition) is 1. The Bertz CT molecular complexity index is 825. The van der Waals surface area contributed by atoms with Crippen molar-refractivity contribution in [2.75, 3.05) is 0 Å². The summed E-state index contributed by atoms with van der Waals surface area (Å²) in [5, 5.41) is 9.68. The van der Waals surface area contributed by atoms with Crippen LogP contribution in [0.1, 0.15) is 30.9 Å². The molecule has 0 amide bonds. The molecular formula is C22H20O2. The van der Waals surface area contributed by atoms with E-state index in [0.29, 0.717) is 12.0 Å². The highest BCUT2D eigenvalue weighted by Crippen LogP contribution is 2.36. The Morgan fingerprint density at radius 1 is 0.917 bits per heavy atom. The summed E-state index contributed by atoms with van der Waals surface area (Å²) in [6.45, 7) is 2.13. The van der Waals surface area contributed by atoms with E-state index in [-0.39, 0.29) is 0 Å². The topological polar surface area (TPSA) is 37.3 Å². The van der Waals surface area contributed by atoms with Gasteiger partial charge in [0.1, 0.15) is 0 Å². The molecule has 0 heterocycles. The van der Waals surface area contributed by atoms with E-state index in [9.17, 15) is 9.90 Å². The standard InChI is InChI=1S/C22H20O2/c1-2-16-15-21(18-11-7-4-8-12-18)20(22(23)24)14-13-19(16)17-9-5-3-6-10-17/h3-14H,2,15H2,1H3,(H,23,24). The van der Waals surface area contributed by atoms with Gasteiger partial charge < -0.3 is 5.11 Å². The van der Waals surface area contributed by atoms with E-state index in [4.69, 9.17) is 0 Å². The van der Waals surface area contributed by atoms with Crippen molar-refractivity contribution < 1.29 is 9.90 Å². The Labute approximate surface area is 142 Å². The molecule has 2 aromatic carbocycles. The molecule has 1 N–H and O–H groups in total. The Balaban J connectivity index is 2.14. The van der Waals surface area contributed by atoms with Crippen LogP contribution in [-0.4, -0.2) is 11.1 Å². The highest BCUT2D eigenvalue weighted by Gasteiger charge is 2.19. The fraction of sp³-hybridized carbons (Fsp3) is 0.136. The number of carboxylic acid groups (broad SMARTS) is 1. The summed E-state index contributed by atoms with van der Waals surface area (Å²) in [5.41, 5.74) is 5.74. The lowest BCUT2D eigenvalue weighted by Crippen LogP contribution is -2.02. The lowest BCUT2D eigenvalue weighted by atomic mass is 9.91. The third-order valence-electron chi connectivity index (χ3n) is 4.38. The summed E-state index contributed by atoms with van der Waals surface area (Å²) >= 11 is 0. The van der Waals surface area contributed by atoms with Crippen LogP contribution in [0.3, 0.4) is 0 Å². The van der Waals surface area contributed by atoms with Crippen LogP contribution in [0, 0.1) is 0 Å². The maximum atomic E-state index is 11.8. The molecule has 0 saturated heterocycles. The molecule has 0 unspecified atom stereocenters. The molecule has 0 saturated carbocycles. The van der Waals surface area contributed by atoms with Gasteiger partial charge >= 0.3 is 5.97 Å².